The molecule has 0 aromatic carbocycles. The summed E-state index contributed by atoms with van der Waals surface area (Å²) >= 11 is 0. The van der Waals surface area contributed by atoms with Gasteiger partial charge in [-0.1, -0.05) is 39.0 Å². The standard InChI is InChI=1S/C9H17/c1-9-7-5-3-2-4-6-8-9/h3,9H,2,4-8H2,1H3. The molecule has 1 radical (unpaired) electrons. The van der Waals surface area contributed by atoms with Crippen LogP contribution in [0.4, 0.5) is 0 Å². The van der Waals surface area contributed by atoms with Gasteiger partial charge in [0.1, 0.15) is 0 Å². The van der Waals surface area contributed by atoms with Crippen LogP contribution in [0.25, 0.3) is 0 Å². The third-order valence-corrected chi connectivity index (χ3v) is 2.22. The van der Waals surface area contributed by atoms with Crippen LogP contribution >= 0.6 is 0 Å². The first kappa shape index (κ1) is 7.11. The molecule has 1 rings (SSSR count). The van der Waals surface area contributed by atoms with E-state index in [2.05, 4.69) is 13.3 Å². The molecule has 9 heavy (non-hydrogen) atoms. The Morgan fingerprint density at radius 3 is 2.89 bits per heavy atom. The fourth-order valence-corrected chi connectivity index (χ4v) is 1.47. The van der Waals surface area contributed by atoms with Crippen LogP contribution in [0.2, 0.25) is 0 Å². The molecule has 1 aliphatic rings. The summed E-state index contributed by atoms with van der Waals surface area (Å²) in [6.45, 7) is 2.37. The van der Waals surface area contributed by atoms with Gasteiger partial charge in [0.25, 0.3) is 0 Å². The minimum absolute atomic E-state index is 0.988. The van der Waals surface area contributed by atoms with Gasteiger partial charge in [-0.2, -0.15) is 0 Å². The van der Waals surface area contributed by atoms with Gasteiger partial charge in [0.15, 0.2) is 0 Å². The number of hydrogen-bond donors (Lipinski definition) is 0. The smallest absolute Gasteiger partial charge is 0.0386 e. The molecule has 1 aliphatic carbocycles. The van der Waals surface area contributed by atoms with Crippen molar-refractivity contribution in [1.82, 2.24) is 0 Å². The second kappa shape index (κ2) is 3.92. The molecule has 0 bridgehead atoms. The molecular formula is C9H17. The van der Waals surface area contributed by atoms with E-state index in [1.165, 1.54) is 38.5 Å². The summed E-state index contributed by atoms with van der Waals surface area (Å²) in [4.78, 5) is 0. The molecule has 0 heteroatoms. The van der Waals surface area contributed by atoms with Crippen LogP contribution in [0.5, 0.6) is 0 Å². The van der Waals surface area contributed by atoms with Gasteiger partial charge >= 0.3 is 0 Å². The monoisotopic (exact) mass is 125 g/mol. The highest BCUT2D eigenvalue weighted by atomic mass is 14.1. The van der Waals surface area contributed by atoms with Crippen LogP contribution in [0, 0.1) is 12.3 Å². The Balaban J connectivity index is 2.12. The predicted octanol–water partition coefficient (Wildman–Crippen LogP) is 3.18. The molecule has 0 aromatic heterocycles. The second-order valence-electron chi connectivity index (χ2n) is 3.26. The quantitative estimate of drug-likeness (QED) is 0.466. The van der Waals surface area contributed by atoms with Crippen molar-refractivity contribution in [2.75, 3.05) is 0 Å². The lowest BCUT2D eigenvalue weighted by atomic mass is 9.93. The van der Waals surface area contributed by atoms with Crippen molar-refractivity contribution in [2.45, 2.75) is 45.4 Å². The van der Waals surface area contributed by atoms with Crippen LogP contribution in [-0.4, -0.2) is 0 Å². The van der Waals surface area contributed by atoms with Gasteiger partial charge < -0.3 is 0 Å². The largest absolute Gasteiger partial charge is 0.0625 e. The zero-order valence-electron chi connectivity index (χ0n) is 6.40. The lowest BCUT2D eigenvalue weighted by molar-refractivity contribution is 0.438. The van der Waals surface area contributed by atoms with E-state index in [0.29, 0.717) is 0 Å². The van der Waals surface area contributed by atoms with Crippen LogP contribution in [0.3, 0.4) is 0 Å². The normalized spacial score (nSPS) is 25.0. The first-order chi connectivity index (χ1) is 4.39. The first-order valence-corrected chi connectivity index (χ1v) is 4.21. The van der Waals surface area contributed by atoms with Crippen molar-refractivity contribution in [3.05, 3.63) is 6.42 Å². The maximum Gasteiger partial charge on any atom is -0.0386 e. The molecule has 53 valence electrons. The summed E-state index contributed by atoms with van der Waals surface area (Å²) < 4.78 is 0. The Morgan fingerprint density at radius 2 is 2.00 bits per heavy atom. The van der Waals surface area contributed by atoms with E-state index in [0.717, 1.165) is 5.92 Å². The first-order valence-electron chi connectivity index (χ1n) is 4.21. The average Bonchev–Trinajstić information content (AvgIpc) is 1.79. The SMILES string of the molecule is CC1CC[CH]CCCC1. The van der Waals surface area contributed by atoms with Gasteiger partial charge in [0, 0.05) is 0 Å². The Bertz CT molecular complexity index is 58.4. The summed E-state index contributed by atoms with van der Waals surface area (Å²) in [5, 5.41) is 0. The van der Waals surface area contributed by atoms with E-state index in [4.69, 9.17) is 0 Å². The maximum absolute atomic E-state index is 2.45. The summed E-state index contributed by atoms with van der Waals surface area (Å²) in [5.74, 6) is 0.988. The van der Waals surface area contributed by atoms with Crippen molar-refractivity contribution >= 4 is 0 Å². The number of rotatable bonds is 0. The van der Waals surface area contributed by atoms with Crippen LogP contribution in [-0.2, 0) is 0 Å². The molecule has 0 aliphatic heterocycles. The van der Waals surface area contributed by atoms with Gasteiger partial charge in [0.05, 0.1) is 0 Å². The molecule has 0 heterocycles. The highest BCUT2D eigenvalue weighted by Crippen LogP contribution is 2.20. The molecule has 0 N–H and O–H groups in total. The van der Waals surface area contributed by atoms with E-state index in [1.807, 2.05) is 0 Å². The maximum atomic E-state index is 2.45. The van der Waals surface area contributed by atoms with E-state index in [9.17, 15) is 0 Å². The molecule has 0 nitrogen and oxygen atoms in total. The fourth-order valence-electron chi connectivity index (χ4n) is 1.47. The molecule has 1 unspecified atom stereocenters. The lowest BCUT2D eigenvalue weighted by Crippen LogP contribution is -1.98. The molecule has 0 saturated heterocycles. The topological polar surface area (TPSA) is 0 Å². The fraction of sp³-hybridized carbons (Fsp3) is 0.889. The van der Waals surface area contributed by atoms with E-state index < -0.39 is 0 Å². The third kappa shape index (κ3) is 2.88. The van der Waals surface area contributed by atoms with E-state index in [-0.39, 0.29) is 0 Å². The molecule has 1 saturated carbocycles. The highest BCUT2D eigenvalue weighted by Gasteiger charge is 2.04. The highest BCUT2D eigenvalue weighted by molar-refractivity contribution is 4.70. The Morgan fingerprint density at radius 1 is 1.11 bits per heavy atom. The van der Waals surface area contributed by atoms with Crippen LogP contribution in [0.1, 0.15) is 45.4 Å². The van der Waals surface area contributed by atoms with Crippen LogP contribution < -0.4 is 0 Å². The number of hydrogen-bond acceptors (Lipinski definition) is 0. The molecule has 0 aromatic rings. The molecule has 1 fully saturated rings. The van der Waals surface area contributed by atoms with E-state index >= 15 is 0 Å². The van der Waals surface area contributed by atoms with Crippen molar-refractivity contribution in [3.63, 3.8) is 0 Å². The zero-order valence-corrected chi connectivity index (χ0v) is 6.40. The van der Waals surface area contributed by atoms with Crippen molar-refractivity contribution in [1.29, 1.82) is 0 Å². The van der Waals surface area contributed by atoms with Gasteiger partial charge in [-0.15, -0.1) is 0 Å². The summed E-state index contributed by atoms with van der Waals surface area (Å²) in [7, 11) is 0. The van der Waals surface area contributed by atoms with Crippen LogP contribution in [0.15, 0.2) is 0 Å². The predicted molar refractivity (Wildman–Crippen MR) is 41.2 cm³/mol. The van der Waals surface area contributed by atoms with Gasteiger partial charge in [-0.25, -0.2) is 0 Å². The van der Waals surface area contributed by atoms with Crippen molar-refractivity contribution in [3.8, 4) is 0 Å². The van der Waals surface area contributed by atoms with E-state index in [1.54, 1.807) is 0 Å². The molecule has 0 spiro atoms. The van der Waals surface area contributed by atoms with Gasteiger partial charge in [-0.05, 0) is 18.8 Å². The van der Waals surface area contributed by atoms with Crippen molar-refractivity contribution < 1.29 is 0 Å². The van der Waals surface area contributed by atoms with Gasteiger partial charge in [0.2, 0.25) is 0 Å². The second-order valence-corrected chi connectivity index (χ2v) is 3.26. The van der Waals surface area contributed by atoms with Crippen molar-refractivity contribution in [2.24, 2.45) is 5.92 Å². The Labute approximate surface area is 58.7 Å². The summed E-state index contributed by atoms with van der Waals surface area (Å²) in [6, 6.07) is 0. The summed E-state index contributed by atoms with van der Waals surface area (Å²) in [6.07, 6.45) is 11.0. The Kier molecular flexibility index (Phi) is 3.10. The molecular weight excluding hydrogens is 108 g/mol. The lowest BCUT2D eigenvalue weighted by Gasteiger charge is -2.13. The third-order valence-electron chi connectivity index (χ3n) is 2.22. The zero-order chi connectivity index (χ0) is 6.53. The molecule has 1 atom stereocenters. The Hall–Kier alpha value is 0. The average molecular weight is 125 g/mol. The summed E-state index contributed by atoms with van der Waals surface area (Å²) in [5.41, 5.74) is 0. The molecule has 0 amide bonds. The van der Waals surface area contributed by atoms with Gasteiger partial charge in [-0.3, -0.25) is 0 Å². The minimum atomic E-state index is 0.988. The minimum Gasteiger partial charge on any atom is -0.0625 e.